The largest absolute Gasteiger partial charge is 0.480 e. The zero-order valence-corrected chi connectivity index (χ0v) is 12.6. The lowest BCUT2D eigenvalue weighted by molar-refractivity contribution is -0.140. The van der Waals surface area contributed by atoms with Gasteiger partial charge in [0.25, 0.3) is 5.91 Å². The Bertz CT molecular complexity index is 544. The van der Waals surface area contributed by atoms with Crippen molar-refractivity contribution in [3.63, 3.8) is 0 Å². The van der Waals surface area contributed by atoms with E-state index >= 15 is 0 Å². The van der Waals surface area contributed by atoms with Crippen LogP contribution in [0.2, 0.25) is 0 Å². The monoisotopic (exact) mass is 304 g/mol. The van der Waals surface area contributed by atoms with Gasteiger partial charge in [-0.2, -0.15) is 0 Å². The number of rotatable bonds is 3. The molecule has 0 bridgehead atoms. The van der Waals surface area contributed by atoms with Crippen molar-refractivity contribution < 1.29 is 19.1 Å². The van der Waals surface area contributed by atoms with Gasteiger partial charge >= 0.3 is 0 Å². The average molecular weight is 304 g/mol. The minimum Gasteiger partial charge on any atom is -0.480 e. The molecule has 0 radical (unpaired) electrons. The van der Waals surface area contributed by atoms with Crippen molar-refractivity contribution in [3.05, 3.63) is 29.8 Å². The molecule has 2 atom stereocenters. The molecule has 0 unspecified atom stereocenters. The molecule has 118 valence electrons. The van der Waals surface area contributed by atoms with E-state index in [4.69, 9.17) is 9.47 Å². The fourth-order valence-electron chi connectivity index (χ4n) is 2.75. The first-order valence-electron chi connectivity index (χ1n) is 7.56. The molecule has 6 heteroatoms. The number of carbonyl (C=O) groups is 2. The average Bonchev–Trinajstić information content (AvgIpc) is 2.99. The fraction of sp³-hybridized carbons (Fsp3) is 0.500. The molecule has 2 amide bonds. The molecule has 2 heterocycles. The third-order valence-corrected chi connectivity index (χ3v) is 3.99. The first-order valence-corrected chi connectivity index (χ1v) is 7.56. The van der Waals surface area contributed by atoms with Crippen LogP contribution in [0, 0.1) is 0 Å². The number of benzene rings is 1. The summed E-state index contributed by atoms with van der Waals surface area (Å²) in [5, 5.41) is 2.76. The maximum Gasteiger partial charge on any atom is 0.262 e. The second-order valence-electron chi connectivity index (χ2n) is 5.59. The standard InChI is InChI=1S/C16H20N2O4/c1-11(16(20)18-6-8-21-9-7-18)17-15(19)14-10-12-4-2-3-5-13(12)22-14/h2-5,11,14H,6-10H2,1H3,(H,17,19)/t11-,14-/m1/s1. The Hall–Kier alpha value is -2.08. The number of fused-ring (bicyclic) bond motifs is 1. The van der Waals surface area contributed by atoms with Gasteiger partial charge in [-0.1, -0.05) is 18.2 Å². The Kier molecular flexibility index (Phi) is 4.29. The van der Waals surface area contributed by atoms with Crippen LogP contribution in [0.25, 0.3) is 0 Å². The third kappa shape index (κ3) is 3.06. The first kappa shape index (κ1) is 14.8. The molecule has 1 aromatic rings. The molecule has 2 aliphatic heterocycles. The zero-order chi connectivity index (χ0) is 15.5. The van der Waals surface area contributed by atoms with E-state index < -0.39 is 12.1 Å². The van der Waals surface area contributed by atoms with E-state index in [-0.39, 0.29) is 11.8 Å². The molecular formula is C16H20N2O4. The van der Waals surface area contributed by atoms with Gasteiger partial charge in [0, 0.05) is 19.5 Å². The first-order chi connectivity index (χ1) is 10.6. The number of carbonyl (C=O) groups excluding carboxylic acids is 2. The van der Waals surface area contributed by atoms with Crippen molar-refractivity contribution in [1.82, 2.24) is 10.2 Å². The lowest BCUT2D eigenvalue weighted by Crippen LogP contribution is -2.52. The van der Waals surface area contributed by atoms with E-state index in [1.807, 2.05) is 24.3 Å². The molecule has 1 fully saturated rings. The van der Waals surface area contributed by atoms with Crippen LogP contribution < -0.4 is 10.1 Å². The lowest BCUT2D eigenvalue weighted by Gasteiger charge is -2.29. The van der Waals surface area contributed by atoms with Crippen molar-refractivity contribution in [1.29, 1.82) is 0 Å². The molecule has 0 spiro atoms. The summed E-state index contributed by atoms with van der Waals surface area (Å²) in [6.07, 6.45) is -0.0159. The molecule has 1 N–H and O–H groups in total. The van der Waals surface area contributed by atoms with Gasteiger partial charge in [0.1, 0.15) is 11.8 Å². The van der Waals surface area contributed by atoms with Crippen molar-refractivity contribution in [2.75, 3.05) is 26.3 Å². The normalized spacial score (nSPS) is 21.7. The lowest BCUT2D eigenvalue weighted by atomic mass is 10.1. The van der Waals surface area contributed by atoms with Crippen LogP contribution in [-0.2, 0) is 20.7 Å². The van der Waals surface area contributed by atoms with E-state index in [9.17, 15) is 9.59 Å². The molecule has 0 aliphatic carbocycles. The Labute approximate surface area is 129 Å². The van der Waals surface area contributed by atoms with Gasteiger partial charge in [-0.15, -0.1) is 0 Å². The highest BCUT2D eigenvalue weighted by Crippen LogP contribution is 2.28. The summed E-state index contributed by atoms with van der Waals surface area (Å²) in [6, 6.07) is 7.05. The van der Waals surface area contributed by atoms with Crippen LogP contribution in [0.15, 0.2) is 24.3 Å². The number of ether oxygens (including phenoxy) is 2. The topological polar surface area (TPSA) is 67.9 Å². The predicted octanol–water partition coefficient (Wildman–Crippen LogP) is 0.354. The Morgan fingerprint density at radius 3 is 2.73 bits per heavy atom. The van der Waals surface area contributed by atoms with Gasteiger partial charge in [0.2, 0.25) is 5.91 Å². The minimum atomic E-state index is -0.558. The molecule has 0 saturated carbocycles. The van der Waals surface area contributed by atoms with Crippen LogP contribution in [0.4, 0.5) is 0 Å². The highest BCUT2D eigenvalue weighted by Gasteiger charge is 2.31. The second-order valence-corrected chi connectivity index (χ2v) is 5.59. The van der Waals surface area contributed by atoms with Crippen LogP contribution in [-0.4, -0.2) is 55.2 Å². The Morgan fingerprint density at radius 1 is 1.27 bits per heavy atom. The molecule has 22 heavy (non-hydrogen) atoms. The molecular weight excluding hydrogens is 284 g/mol. The summed E-state index contributed by atoms with van der Waals surface area (Å²) in [4.78, 5) is 26.3. The summed E-state index contributed by atoms with van der Waals surface area (Å²) in [6.45, 7) is 3.95. The second kappa shape index (κ2) is 6.36. The highest BCUT2D eigenvalue weighted by atomic mass is 16.5. The number of hydrogen-bond acceptors (Lipinski definition) is 4. The summed E-state index contributed by atoms with van der Waals surface area (Å²) in [5.41, 5.74) is 1.02. The van der Waals surface area contributed by atoms with Crippen LogP contribution >= 0.6 is 0 Å². The molecule has 3 rings (SSSR count). The Balaban J connectivity index is 1.54. The molecule has 0 aromatic heterocycles. The quantitative estimate of drug-likeness (QED) is 0.875. The summed E-state index contributed by atoms with van der Waals surface area (Å²) in [7, 11) is 0. The SMILES string of the molecule is C[C@@H](NC(=O)[C@H]1Cc2ccccc2O1)C(=O)N1CCOCC1. The summed E-state index contributed by atoms with van der Waals surface area (Å²) >= 11 is 0. The maximum atomic E-state index is 12.3. The van der Waals surface area contributed by atoms with Crippen LogP contribution in [0.1, 0.15) is 12.5 Å². The highest BCUT2D eigenvalue weighted by molar-refractivity contribution is 5.89. The van der Waals surface area contributed by atoms with Crippen molar-refractivity contribution in [2.24, 2.45) is 0 Å². The minimum absolute atomic E-state index is 0.0767. The van der Waals surface area contributed by atoms with E-state index in [0.717, 1.165) is 11.3 Å². The van der Waals surface area contributed by atoms with Gasteiger partial charge in [-0.25, -0.2) is 0 Å². The van der Waals surface area contributed by atoms with Crippen LogP contribution in [0.3, 0.4) is 0 Å². The Morgan fingerprint density at radius 2 is 2.00 bits per heavy atom. The van der Waals surface area contributed by atoms with Crippen molar-refractivity contribution >= 4 is 11.8 Å². The van der Waals surface area contributed by atoms with E-state index in [1.165, 1.54) is 0 Å². The summed E-state index contributed by atoms with van der Waals surface area (Å²) < 4.78 is 10.9. The number of amides is 2. The predicted molar refractivity (Wildman–Crippen MR) is 79.6 cm³/mol. The van der Waals surface area contributed by atoms with Gasteiger partial charge in [-0.3, -0.25) is 9.59 Å². The van der Waals surface area contributed by atoms with E-state index in [0.29, 0.717) is 32.7 Å². The van der Waals surface area contributed by atoms with E-state index in [2.05, 4.69) is 5.32 Å². The third-order valence-electron chi connectivity index (χ3n) is 3.99. The van der Waals surface area contributed by atoms with Gasteiger partial charge in [0.05, 0.1) is 13.2 Å². The van der Waals surface area contributed by atoms with E-state index in [1.54, 1.807) is 11.8 Å². The summed E-state index contributed by atoms with van der Waals surface area (Å²) in [5.74, 6) is 0.423. The van der Waals surface area contributed by atoms with Gasteiger partial charge < -0.3 is 19.7 Å². The van der Waals surface area contributed by atoms with Crippen LogP contribution in [0.5, 0.6) is 5.75 Å². The number of hydrogen-bond donors (Lipinski definition) is 1. The van der Waals surface area contributed by atoms with Gasteiger partial charge in [-0.05, 0) is 18.6 Å². The molecule has 1 aromatic carbocycles. The number of nitrogens with one attached hydrogen (secondary N) is 1. The number of para-hydroxylation sites is 1. The number of morpholine rings is 1. The molecule has 2 aliphatic rings. The molecule has 6 nitrogen and oxygen atoms in total. The fourth-order valence-corrected chi connectivity index (χ4v) is 2.75. The zero-order valence-electron chi connectivity index (χ0n) is 12.6. The van der Waals surface area contributed by atoms with Gasteiger partial charge in [0.15, 0.2) is 6.10 Å². The number of nitrogens with zero attached hydrogens (tertiary/aromatic N) is 1. The smallest absolute Gasteiger partial charge is 0.262 e. The van der Waals surface area contributed by atoms with Crippen molar-refractivity contribution in [2.45, 2.75) is 25.5 Å². The maximum absolute atomic E-state index is 12.3. The van der Waals surface area contributed by atoms with Crippen molar-refractivity contribution in [3.8, 4) is 5.75 Å². The molecule has 1 saturated heterocycles.